The molecule has 0 saturated carbocycles. The van der Waals surface area contributed by atoms with Gasteiger partial charge < -0.3 is 15.1 Å². The Kier molecular flexibility index (Phi) is 3.62. The van der Waals surface area contributed by atoms with E-state index in [1.54, 1.807) is 12.5 Å². The van der Waals surface area contributed by atoms with Crippen molar-refractivity contribution in [3.8, 4) is 0 Å². The zero-order valence-corrected chi connectivity index (χ0v) is 11.2. The maximum Gasteiger partial charge on any atom is 0.122 e. The summed E-state index contributed by atoms with van der Waals surface area (Å²) in [5.74, 6) is 0.939. The summed E-state index contributed by atoms with van der Waals surface area (Å²) in [6.07, 6.45) is 3.47. The van der Waals surface area contributed by atoms with Crippen LogP contribution >= 0.6 is 12.2 Å². The first-order valence-electron chi connectivity index (χ1n) is 5.58. The molecule has 18 heavy (non-hydrogen) atoms. The molecule has 0 aliphatic rings. The second kappa shape index (κ2) is 5.18. The molecule has 0 saturated heterocycles. The third-order valence-corrected chi connectivity index (χ3v) is 3.02. The van der Waals surface area contributed by atoms with E-state index in [4.69, 9.17) is 22.4 Å². The smallest absolute Gasteiger partial charge is 0.122 e. The highest BCUT2D eigenvalue weighted by molar-refractivity contribution is 7.80. The molecule has 4 nitrogen and oxygen atoms in total. The number of pyridine rings is 1. The van der Waals surface area contributed by atoms with Gasteiger partial charge in [-0.15, -0.1) is 0 Å². The van der Waals surface area contributed by atoms with Crippen molar-refractivity contribution >= 4 is 22.9 Å². The van der Waals surface area contributed by atoms with Gasteiger partial charge in [-0.1, -0.05) is 12.2 Å². The van der Waals surface area contributed by atoms with Gasteiger partial charge in [-0.25, -0.2) is 0 Å². The number of aryl methyl sites for hydroxylation is 1. The van der Waals surface area contributed by atoms with Gasteiger partial charge in [0.15, 0.2) is 0 Å². The molecule has 2 N–H and O–H groups in total. The molecule has 5 heteroatoms. The lowest BCUT2D eigenvalue weighted by atomic mass is 10.2. The average Bonchev–Trinajstić information content (AvgIpc) is 2.75. The monoisotopic (exact) mass is 261 g/mol. The molecule has 2 aromatic heterocycles. The van der Waals surface area contributed by atoms with Crippen LogP contribution in [-0.4, -0.2) is 17.0 Å². The van der Waals surface area contributed by atoms with Crippen molar-refractivity contribution in [1.82, 2.24) is 4.98 Å². The van der Waals surface area contributed by atoms with Crippen molar-refractivity contribution in [2.24, 2.45) is 5.73 Å². The normalized spacial score (nSPS) is 10.3. The van der Waals surface area contributed by atoms with Crippen molar-refractivity contribution in [3.05, 3.63) is 47.7 Å². The van der Waals surface area contributed by atoms with Gasteiger partial charge in [0.25, 0.3) is 0 Å². The highest BCUT2D eigenvalue weighted by Gasteiger charge is 2.07. The molecule has 2 heterocycles. The van der Waals surface area contributed by atoms with Crippen LogP contribution in [0, 0.1) is 6.92 Å². The van der Waals surface area contributed by atoms with E-state index in [1.807, 2.05) is 32.2 Å². The van der Waals surface area contributed by atoms with Gasteiger partial charge in [-0.3, -0.25) is 4.98 Å². The summed E-state index contributed by atoms with van der Waals surface area (Å²) in [5, 5.41) is 0. The maximum absolute atomic E-state index is 5.51. The predicted molar refractivity (Wildman–Crippen MR) is 75.7 cm³/mol. The van der Waals surface area contributed by atoms with Crippen molar-refractivity contribution in [2.45, 2.75) is 13.5 Å². The van der Waals surface area contributed by atoms with E-state index in [9.17, 15) is 0 Å². The number of hydrogen-bond acceptors (Lipinski definition) is 4. The SMILES string of the molecule is Cc1occc1CN(C)c1ccc(C(N)=S)nc1. The first-order chi connectivity index (χ1) is 8.58. The number of thiocarbonyl (C=S) groups is 1. The summed E-state index contributed by atoms with van der Waals surface area (Å²) < 4.78 is 5.28. The molecule has 94 valence electrons. The number of furan rings is 1. The second-order valence-corrected chi connectivity index (χ2v) is 4.56. The number of rotatable bonds is 4. The number of nitrogens with two attached hydrogens (primary N) is 1. The van der Waals surface area contributed by atoms with Crippen LogP contribution in [0.5, 0.6) is 0 Å². The Morgan fingerprint density at radius 3 is 2.72 bits per heavy atom. The Morgan fingerprint density at radius 1 is 1.44 bits per heavy atom. The molecule has 0 atom stereocenters. The molecule has 2 rings (SSSR count). The van der Waals surface area contributed by atoms with E-state index in [-0.39, 0.29) is 0 Å². The van der Waals surface area contributed by atoms with Crippen LogP contribution in [0.4, 0.5) is 5.69 Å². The van der Waals surface area contributed by atoms with E-state index in [0.717, 1.165) is 23.6 Å². The molecule has 0 aromatic carbocycles. The van der Waals surface area contributed by atoms with Crippen LogP contribution in [0.2, 0.25) is 0 Å². The van der Waals surface area contributed by atoms with Gasteiger partial charge in [0.05, 0.1) is 23.8 Å². The Morgan fingerprint density at radius 2 is 2.22 bits per heavy atom. The Labute approximate surface area is 111 Å². The van der Waals surface area contributed by atoms with Gasteiger partial charge in [0, 0.05) is 19.2 Å². The standard InChI is InChI=1S/C13H15N3OS/c1-9-10(5-6-17-9)8-16(2)11-3-4-12(13(14)18)15-7-11/h3-7H,8H2,1-2H3,(H2,14,18). The van der Waals surface area contributed by atoms with Crippen LogP contribution in [-0.2, 0) is 6.54 Å². The summed E-state index contributed by atoms with van der Waals surface area (Å²) in [6.45, 7) is 2.73. The summed E-state index contributed by atoms with van der Waals surface area (Å²) >= 11 is 4.87. The number of hydrogen-bond donors (Lipinski definition) is 1. The lowest BCUT2D eigenvalue weighted by Crippen LogP contribution is -2.18. The topological polar surface area (TPSA) is 55.3 Å². The molecule has 0 aliphatic carbocycles. The highest BCUT2D eigenvalue weighted by Crippen LogP contribution is 2.17. The van der Waals surface area contributed by atoms with Crippen molar-refractivity contribution in [3.63, 3.8) is 0 Å². The molecule has 0 fully saturated rings. The molecular weight excluding hydrogens is 246 g/mol. The first kappa shape index (κ1) is 12.6. The molecule has 0 unspecified atom stereocenters. The minimum atomic E-state index is 0.315. The zero-order valence-electron chi connectivity index (χ0n) is 10.4. The minimum Gasteiger partial charge on any atom is -0.469 e. The second-order valence-electron chi connectivity index (χ2n) is 4.12. The van der Waals surface area contributed by atoms with Crippen molar-refractivity contribution in [1.29, 1.82) is 0 Å². The Hall–Kier alpha value is -1.88. The molecule has 0 aliphatic heterocycles. The average molecular weight is 261 g/mol. The summed E-state index contributed by atoms with van der Waals surface area (Å²) in [6, 6.07) is 5.76. The van der Waals surface area contributed by atoms with E-state index in [0.29, 0.717) is 10.7 Å². The van der Waals surface area contributed by atoms with Crippen molar-refractivity contribution in [2.75, 3.05) is 11.9 Å². The third kappa shape index (κ3) is 2.68. The van der Waals surface area contributed by atoms with E-state index in [2.05, 4.69) is 9.88 Å². The molecule has 0 amide bonds. The van der Waals surface area contributed by atoms with Gasteiger partial charge in [0.1, 0.15) is 10.7 Å². The number of aromatic nitrogens is 1. The molecule has 0 bridgehead atoms. The van der Waals surface area contributed by atoms with Crippen molar-refractivity contribution < 1.29 is 4.42 Å². The van der Waals surface area contributed by atoms with Crippen LogP contribution < -0.4 is 10.6 Å². The maximum atomic E-state index is 5.51. The van der Waals surface area contributed by atoms with Gasteiger partial charge >= 0.3 is 0 Å². The van der Waals surface area contributed by atoms with E-state index in [1.165, 1.54) is 0 Å². The summed E-state index contributed by atoms with van der Waals surface area (Å²) in [7, 11) is 2.00. The van der Waals surface area contributed by atoms with Crippen LogP contribution in [0.15, 0.2) is 35.1 Å². The summed E-state index contributed by atoms with van der Waals surface area (Å²) in [5.41, 5.74) is 8.33. The van der Waals surface area contributed by atoms with Gasteiger partial charge in [-0.05, 0) is 25.1 Å². The van der Waals surface area contributed by atoms with Crippen LogP contribution in [0.25, 0.3) is 0 Å². The molecule has 2 aromatic rings. The van der Waals surface area contributed by atoms with E-state index >= 15 is 0 Å². The zero-order chi connectivity index (χ0) is 13.1. The quantitative estimate of drug-likeness (QED) is 0.855. The molecular formula is C13H15N3OS. The number of nitrogens with zero attached hydrogens (tertiary/aromatic N) is 2. The van der Waals surface area contributed by atoms with E-state index < -0.39 is 0 Å². The fraction of sp³-hybridized carbons (Fsp3) is 0.231. The fourth-order valence-corrected chi connectivity index (χ4v) is 1.80. The molecule has 0 radical (unpaired) electrons. The Balaban J connectivity index is 2.12. The van der Waals surface area contributed by atoms with Crippen LogP contribution in [0.1, 0.15) is 17.0 Å². The Bertz CT molecular complexity index is 548. The molecule has 0 spiro atoms. The lowest BCUT2D eigenvalue weighted by molar-refractivity contribution is 0.529. The fourth-order valence-electron chi connectivity index (χ4n) is 1.68. The highest BCUT2D eigenvalue weighted by atomic mass is 32.1. The largest absolute Gasteiger partial charge is 0.469 e. The predicted octanol–water partition coefficient (Wildman–Crippen LogP) is 2.25. The minimum absolute atomic E-state index is 0.315. The summed E-state index contributed by atoms with van der Waals surface area (Å²) in [4.78, 5) is 6.63. The lowest BCUT2D eigenvalue weighted by Gasteiger charge is -2.18. The number of anilines is 1. The van der Waals surface area contributed by atoms with Gasteiger partial charge in [0.2, 0.25) is 0 Å². The van der Waals surface area contributed by atoms with Crippen LogP contribution in [0.3, 0.4) is 0 Å². The van der Waals surface area contributed by atoms with Gasteiger partial charge in [-0.2, -0.15) is 0 Å². The first-order valence-corrected chi connectivity index (χ1v) is 5.98. The third-order valence-electron chi connectivity index (χ3n) is 2.81.